The van der Waals surface area contributed by atoms with E-state index < -0.39 is 18.5 Å². The van der Waals surface area contributed by atoms with Gasteiger partial charge in [-0.15, -0.1) is 0 Å². The quantitative estimate of drug-likeness (QED) is 0.832. The number of aromatic nitrogens is 3. The summed E-state index contributed by atoms with van der Waals surface area (Å²) in [5.41, 5.74) is 1.54. The molecule has 1 amide bonds. The Bertz CT molecular complexity index is 739. The molecule has 0 radical (unpaired) electrons. The van der Waals surface area contributed by atoms with Crippen molar-refractivity contribution in [2.75, 3.05) is 13.6 Å². The third-order valence-electron chi connectivity index (χ3n) is 4.01. The van der Waals surface area contributed by atoms with Crippen molar-refractivity contribution in [1.29, 1.82) is 0 Å². The Morgan fingerprint density at radius 1 is 1.42 bits per heavy atom. The summed E-state index contributed by atoms with van der Waals surface area (Å²) >= 11 is 0. The van der Waals surface area contributed by atoms with Crippen LogP contribution >= 0.6 is 0 Å². The van der Waals surface area contributed by atoms with Crippen molar-refractivity contribution < 1.29 is 18.0 Å². The first-order chi connectivity index (χ1) is 11.1. The number of hydrogen-bond donors (Lipinski definition) is 0. The molecule has 24 heavy (non-hydrogen) atoms. The number of carbonyl (C=O) groups excluding carboxylic acids is 1. The fourth-order valence-corrected chi connectivity index (χ4v) is 2.42. The van der Waals surface area contributed by atoms with E-state index in [1.165, 1.54) is 7.05 Å². The maximum atomic E-state index is 12.6. The van der Waals surface area contributed by atoms with Crippen molar-refractivity contribution in [1.82, 2.24) is 19.7 Å². The summed E-state index contributed by atoms with van der Waals surface area (Å²) in [6.45, 7) is 5.38. The van der Waals surface area contributed by atoms with Crippen LogP contribution in [0, 0.1) is 6.92 Å². The lowest BCUT2D eigenvalue weighted by Gasteiger charge is -2.19. The standard InChI is InChI=1S/C16H21F3N4O/c1-5-11(3)23-14-13(9-20-23)12(8-10(2)21-14)15(24)22(4)7-6-16(17,18)19/h8-9,11H,5-7H2,1-4H3/t11-/m1/s1. The number of halogens is 3. The highest BCUT2D eigenvalue weighted by molar-refractivity contribution is 6.05. The topological polar surface area (TPSA) is 51.0 Å². The Hall–Kier alpha value is -2.12. The van der Waals surface area contributed by atoms with E-state index in [-0.39, 0.29) is 12.6 Å². The molecular formula is C16H21F3N4O. The third-order valence-corrected chi connectivity index (χ3v) is 4.01. The number of pyridine rings is 1. The second-order valence-corrected chi connectivity index (χ2v) is 5.99. The van der Waals surface area contributed by atoms with Gasteiger partial charge in [0.1, 0.15) is 0 Å². The van der Waals surface area contributed by atoms with Gasteiger partial charge in [0.05, 0.1) is 29.6 Å². The van der Waals surface area contributed by atoms with Crippen LogP contribution < -0.4 is 0 Å². The van der Waals surface area contributed by atoms with Crippen LogP contribution in [0.4, 0.5) is 13.2 Å². The average molecular weight is 342 g/mol. The summed E-state index contributed by atoms with van der Waals surface area (Å²) < 4.78 is 38.9. The van der Waals surface area contributed by atoms with Gasteiger partial charge in [-0.05, 0) is 26.3 Å². The van der Waals surface area contributed by atoms with Crippen LogP contribution in [-0.4, -0.2) is 45.3 Å². The van der Waals surface area contributed by atoms with Crippen molar-refractivity contribution in [3.05, 3.63) is 23.5 Å². The Kier molecular flexibility index (Phi) is 5.15. The van der Waals surface area contributed by atoms with Crippen LogP contribution in [0.2, 0.25) is 0 Å². The number of nitrogens with zero attached hydrogens (tertiary/aromatic N) is 4. The minimum Gasteiger partial charge on any atom is -0.341 e. The zero-order valence-electron chi connectivity index (χ0n) is 14.2. The molecule has 0 aliphatic heterocycles. The number of carbonyl (C=O) groups is 1. The van der Waals surface area contributed by atoms with E-state index in [4.69, 9.17) is 0 Å². The molecule has 0 aromatic carbocycles. The van der Waals surface area contributed by atoms with Gasteiger partial charge in [-0.3, -0.25) is 4.79 Å². The maximum Gasteiger partial charge on any atom is 0.390 e. The van der Waals surface area contributed by atoms with Gasteiger partial charge in [0.2, 0.25) is 0 Å². The monoisotopic (exact) mass is 342 g/mol. The first-order valence-corrected chi connectivity index (χ1v) is 7.81. The van der Waals surface area contributed by atoms with Gasteiger partial charge in [0.25, 0.3) is 5.91 Å². The summed E-state index contributed by atoms with van der Waals surface area (Å²) in [6.07, 6.45) is -2.92. The average Bonchev–Trinajstić information content (AvgIpc) is 2.93. The summed E-state index contributed by atoms with van der Waals surface area (Å²) in [6, 6.07) is 1.71. The molecule has 5 nitrogen and oxygen atoms in total. The molecular weight excluding hydrogens is 321 g/mol. The van der Waals surface area contributed by atoms with Gasteiger partial charge in [0.15, 0.2) is 5.65 Å². The second kappa shape index (κ2) is 6.78. The van der Waals surface area contributed by atoms with Crippen LogP contribution in [0.5, 0.6) is 0 Å². The van der Waals surface area contributed by atoms with E-state index >= 15 is 0 Å². The van der Waals surface area contributed by atoms with E-state index in [1.807, 2.05) is 13.8 Å². The van der Waals surface area contributed by atoms with Crippen molar-refractivity contribution >= 4 is 16.9 Å². The van der Waals surface area contributed by atoms with Crippen molar-refractivity contribution in [3.63, 3.8) is 0 Å². The molecule has 0 N–H and O–H groups in total. The number of alkyl halides is 3. The second-order valence-electron chi connectivity index (χ2n) is 5.99. The molecule has 2 rings (SSSR count). The van der Waals surface area contributed by atoms with E-state index in [0.29, 0.717) is 22.3 Å². The molecule has 8 heteroatoms. The zero-order chi connectivity index (χ0) is 18.1. The normalized spacial score (nSPS) is 13.3. The third kappa shape index (κ3) is 3.85. The highest BCUT2D eigenvalue weighted by atomic mass is 19.4. The molecule has 2 aromatic rings. The molecule has 2 heterocycles. The molecule has 0 bridgehead atoms. The van der Waals surface area contributed by atoms with Crippen molar-refractivity contribution in [2.45, 2.75) is 45.8 Å². The molecule has 0 fully saturated rings. The highest BCUT2D eigenvalue weighted by Crippen LogP contribution is 2.24. The number of fused-ring (bicyclic) bond motifs is 1. The fraction of sp³-hybridized carbons (Fsp3) is 0.562. The molecule has 0 spiro atoms. The van der Waals surface area contributed by atoms with Gasteiger partial charge in [-0.1, -0.05) is 6.92 Å². The Morgan fingerprint density at radius 2 is 2.08 bits per heavy atom. The molecule has 0 unspecified atom stereocenters. The summed E-state index contributed by atoms with van der Waals surface area (Å²) in [7, 11) is 1.37. The zero-order valence-corrected chi connectivity index (χ0v) is 14.2. The predicted molar refractivity (Wildman–Crippen MR) is 84.9 cm³/mol. The first-order valence-electron chi connectivity index (χ1n) is 7.81. The molecule has 2 aromatic heterocycles. The number of hydrogen-bond acceptors (Lipinski definition) is 3. The van der Waals surface area contributed by atoms with Gasteiger partial charge >= 0.3 is 6.18 Å². The molecule has 0 saturated heterocycles. The Labute approximate surface area is 138 Å². The minimum absolute atomic E-state index is 0.114. The van der Waals surface area contributed by atoms with Crippen LogP contribution in [0.1, 0.15) is 48.8 Å². The van der Waals surface area contributed by atoms with Crippen molar-refractivity contribution in [3.8, 4) is 0 Å². The van der Waals surface area contributed by atoms with E-state index in [0.717, 1.165) is 11.3 Å². The van der Waals surface area contributed by atoms with Crippen molar-refractivity contribution in [2.24, 2.45) is 0 Å². The Morgan fingerprint density at radius 3 is 2.67 bits per heavy atom. The summed E-state index contributed by atoms with van der Waals surface area (Å²) in [4.78, 5) is 18.1. The molecule has 132 valence electrons. The Balaban J connectivity index is 2.38. The lowest BCUT2D eigenvalue weighted by molar-refractivity contribution is -0.136. The predicted octanol–water partition coefficient (Wildman–Crippen LogP) is 3.74. The number of rotatable bonds is 5. The van der Waals surface area contributed by atoms with Crippen LogP contribution in [0.3, 0.4) is 0 Å². The lowest BCUT2D eigenvalue weighted by Crippen LogP contribution is -2.30. The molecule has 1 atom stereocenters. The van der Waals surface area contributed by atoms with Gasteiger partial charge in [0, 0.05) is 19.3 Å². The van der Waals surface area contributed by atoms with Crippen LogP contribution in [-0.2, 0) is 0 Å². The minimum atomic E-state index is -4.29. The van der Waals surface area contributed by atoms with Gasteiger partial charge in [-0.25, -0.2) is 9.67 Å². The van der Waals surface area contributed by atoms with E-state index in [9.17, 15) is 18.0 Å². The lowest BCUT2D eigenvalue weighted by atomic mass is 10.1. The van der Waals surface area contributed by atoms with Gasteiger partial charge in [-0.2, -0.15) is 18.3 Å². The molecule has 0 aliphatic carbocycles. The summed E-state index contributed by atoms with van der Waals surface area (Å²) in [5.74, 6) is -0.460. The highest BCUT2D eigenvalue weighted by Gasteiger charge is 2.29. The largest absolute Gasteiger partial charge is 0.390 e. The summed E-state index contributed by atoms with van der Waals surface area (Å²) in [5, 5.41) is 4.86. The maximum absolute atomic E-state index is 12.6. The smallest absolute Gasteiger partial charge is 0.341 e. The van der Waals surface area contributed by atoms with E-state index in [2.05, 4.69) is 10.1 Å². The van der Waals surface area contributed by atoms with E-state index in [1.54, 1.807) is 23.9 Å². The number of amides is 1. The van der Waals surface area contributed by atoms with Crippen LogP contribution in [0.15, 0.2) is 12.3 Å². The fourth-order valence-electron chi connectivity index (χ4n) is 2.42. The first kappa shape index (κ1) is 18.2. The van der Waals surface area contributed by atoms with Gasteiger partial charge < -0.3 is 4.90 Å². The van der Waals surface area contributed by atoms with Crippen LogP contribution in [0.25, 0.3) is 11.0 Å². The molecule has 0 saturated carbocycles. The SMILES string of the molecule is CC[C@@H](C)n1ncc2c(C(=O)N(C)CCC(F)(F)F)cc(C)nc21. The number of aryl methyl sites for hydroxylation is 1. The molecule has 0 aliphatic rings.